The molecule has 0 bridgehead atoms. The number of rotatable bonds is 2. The molecule has 1 aliphatic rings. The Bertz CT molecular complexity index is 503. The van der Waals surface area contributed by atoms with E-state index in [1.54, 1.807) is 6.20 Å². The number of halogens is 1. The smallest absolute Gasteiger partial charge is 0.153 e. The highest BCUT2D eigenvalue weighted by molar-refractivity contribution is 5.63. The van der Waals surface area contributed by atoms with E-state index < -0.39 is 5.67 Å². The summed E-state index contributed by atoms with van der Waals surface area (Å²) in [6.45, 7) is 0. The Hall–Kier alpha value is -1.70. The van der Waals surface area contributed by atoms with Crippen molar-refractivity contribution < 1.29 is 4.39 Å². The number of nitrogens with zero attached hydrogens (tertiary/aromatic N) is 1. The van der Waals surface area contributed by atoms with Gasteiger partial charge in [0.05, 0.1) is 5.69 Å². The highest BCUT2D eigenvalue weighted by Crippen LogP contribution is 2.49. The zero-order valence-corrected chi connectivity index (χ0v) is 8.86. The number of pyridine rings is 1. The number of benzene rings is 1. The Morgan fingerprint density at radius 3 is 2.44 bits per heavy atom. The zero-order valence-electron chi connectivity index (χ0n) is 8.86. The number of alkyl halides is 1. The van der Waals surface area contributed by atoms with E-state index in [0.717, 1.165) is 11.1 Å². The van der Waals surface area contributed by atoms with Crippen LogP contribution in [0, 0.1) is 0 Å². The van der Waals surface area contributed by atoms with Crippen LogP contribution in [0.25, 0.3) is 11.1 Å². The first-order valence-electron chi connectivity index (χ1n) is 5.49. The molecule has 0 aliphatic heterocycles. The zero-order chi connectivity index (χ0) is 11.0. The van der Waals surface area contributed by atoms with Crippen LogP contribution in [0.2, 0.25) is 0 Å². The maximum absolute atomic E-state index is 13.9. The summed E-state index contributed by atoms with van der Waals surface area (Å²) in [5.74, 6) is 0. The summed E-state index contributed by atoms with van der Waals surface area (Å²) in [4.78, 5) is 4.12. The fraction of sp³-hybridized carbons (Fsp3) is 0.214. The Kier molecular flexibility index (Phi) is 2.03. The molecule has 0 atom stereocenters. The van der Waals surface area contributed by atoms with Gasteiger partial charge in [-0.2, -0.15) is 0 Å². The summed E-state index contributed by atoms with van der Waals surface area (Å²) in [6.07, 6.45) is 2.91. The SMILES string of the molecule is FC1(c2cc(-c3ccccc3)ccn2)CC1. The van der Waals surface area contributed by atoms with Crippen LogP contribution in [0.3, 0.4) is 0 Å². The maximum Gasteiger partial charge on any atom is 0.153 e. The number of hydrogen-bond acceptors (Lipinski definition) is 1. The van der Waals surface area contributed by atoms with Gasteiger partial charge in [-0.3, -0.25) is 4.98 Å². The van der Waals surface area contributed by atoms with Gasteiger partial charge >= 0.3 is 0 Å². The number of aromatic nitrogens is 1. The van der Waals surface area contributed by atoms with E-state index in [0.29, 0.717) is 18.5 Å². The van der Waals surface area contributed by atoms with Crippen molar-refractivity contribution in [3.8, 4) is 11.1 Å². The molecular formula is C14H12FN. The molecule has 0 saturated heterocycles. The second kappa shape index (κ2) is 3.41. The third-order valence-electron chi connectivity index (χ3n) is 3.02. The molecule has 1 saturated carbocycles. The van der Waals surface area contributed by atoms with Gasteiger partial charge in [0.2, 0.25) is 0 Å². The maximum atomic E-state index is 13.9. The van der Waals surface area contributed by atoms with Gasteiger partial charge in [0.15, 0.2) is 5.67 Å². The van der Waals surface area contributed by atoms with Gasteiger partial charge in [-0.15, -0.1) is 0 Å². The van der Waals surface area contributed by atoms with Crippen molar-refractivity contribution in [2.45, 2.75) is 18.5 Å². The normalized spacial score (nSPS) is 17.1. The van der Waals surface area contributed by atoms with E-state index in [1.807, 2.05) is 42.5 Å². The summed E-state index contributed by atoms with van der Waals surface area (Å²) in [6, 6.07) is 13.8. The minimum absolute atomic E-state index is 0.578. The van der Waals surface area contributed by atoms with Crippen LogP contribution in [-0.2, 0) is 5.67 Å². The second-order valence-corrected chi connectivity index (χ2v) is 4.26. The molecule has 0 N–H and O–H groups in total. The minimum atomic E-state index is -1.15. The molecular weight excluding hydrogens is 201 g/mol. The van der Waals surface area contributed by atoms with Crippen molar-refractivity contribution in [1.29, 1.82) is 0 Å². The van der Waals surface area contributed by atoms with Crippen molar-refractivity contribution in [2.75, 3.05) is 0 Å². The molecule has 0 spiro atoms. The molecule has 1 nitrogen and oxygen atoms in total. The van der Waals surface area contributed by atoms with Crippen LogP contribution in [-0.4, -0.2) is 4.98 Å². The number of hydrogen-bond donors (Lipinski definition) is 0. The third-order valence-corrected chi connectivity index (χ3v) is 3.02. The van der Waals surface area contributed by atoms with Crippen molar-refractivity contribution in [3.63, 3.8) is 0 Å². The highest BCUT2D eigenvalue weighted by atomic mass is 19.1. The van der Waals surface area contributed by atoms with E-state index in [-0.39, 0.29) is 0 Å². The van der Waals surface area contributed by atoms with E-state index >= 15 is 0 Å². The fourth-order valence-corrected chi connectivity index (χ4v) is 1.85. The van der Waals surface area contributed by atoms with Gasteiger partial charge < -0.3 is 0 Å². The molecule has 2 aromatic rings. The standard InChI is InChI=1S/C14H12FN/c15-14(7-8-14)13-10-12(6-9-16-13)11-4-2-1-3-5-11/h1-6,9-10H,7-8H2. The van der Waals surface area contributed by atoms with E-state index in [1.165, 1.54) is 0 Å². The summed E-state index contributed by atoms with van der Waals surface area (Å²) >= 11 is 0. The highest BCUT2D eigenvalue weighted by Gasteiger charge is 2.46. The van der Waals surface area contributed by atoms with Crippen molar-refractivity contribution in [2.24, 2.45) is 0 Å². The molecule has 3 rings (SSSR count). The van der Waals surface area contributed by atoms with Gasteiger partial charge in [-0.1, -0.05) is 30.3 Å². The molecule has 1 heterocycles. The Labute approximate surface area is 94.0 Å². The van der Waals surface area contributed by atoms with Crippen LogP contribution < -0.4 is 0 Å². The minimum Gasteiger partial charge on any atom is -0.258 e. The van der Waals surface area contributed by atoms with Crippen LogP contribution in [0.15, 0.2) is 48.7 Å². The lowest BCUT2D eigenvalue weighted by Crippen LogP contribution is -2.00. The lowest BCUT2D eigenvalue weighted by Gasteiger charge is -2.07. The third kappa shape index (κ3) is 1.60. The molecule has 1 aliphatic carbocycles. The van der Waals surface area contributed by atoms with Crippen LogP contribution in [0.1, 0.15) is 18.5 Å². The van der Waals surface area contributed by atoms with E-state index in [2.05, 4.69) is 4.98 Å². The van der Waals surface area contributed by atoms with Crippen LogP contribution >= 0.6 is 0 Å². The van der Waals surface area contributed by atoms with Crippen molar-refractivity contribution in [3.05, 3.63) is 54.4 Å². The summed E-state index contributed by atoms with van der Waals surface area (Å²) in [5, 5.41) is 0. The average Bonchev–Trinajstić information content (AvgIpc) is 3.10. The van der Waals surface area contributed by atoms with Gasteiger partial charge in [0, 0.05) is 6.20 Å². The monoisotopic (exact) mass is 213 g/mol. The molecule has 0 amide bonds. The molecule has 1 aromatic carbocycles. The predicted octanol–water partition coefficient (Wildman–Crippen LogP) is 3.71. The molecule has 1 aromatic heterocycles. The predicted molar refractivity (Wildman–Crippen MR) is 61.7 cm³/mol. The summed E-state index contributed by atoms with van der Waals surface area (Å²) < 4.78 is 13.9. The molecule has 80 valence electrons. The first kappa shape index (κ1) is 9.52. The Balaban J connectivity index is 2.03. The quantitative estimate of drug-likeness (QED) is 0.741. The van der Waals surface area contributed by atoms with Crippen LogP contribution in [0.4, 0.5) is 4.39 Å². The molecule has 0 unspecified atom stereocenters. The van der Waals surface area contributed by atoms with Gasteiger partial charge in [0.1, 0.15) is 0 Å². The lowest BCUT2D eigenvalue weighted by molar-refractivity contribution is 0.309. The summed E-state index contributed by atoms with van der Waals surface area (Å²) in [5.41, 5.74) is 1.57. The van der Waals surface area contributed by atoms with Gasteiger partial charge in [-0.25, -0.2) is 4.39 Å². The molecule has 0 radical (unpaired) electrons. The van der Waals surface area contributed by atoms with Crippen molar-refractivity contribution in [1.82, 2.24) is 4.98 Å². The summed E-state index contributed by atoms with van der Waals surface area (Å²) in [7, 11) is 0. The lowest BCUT2D eigenvalue weighted by atomic mass is 10.0. The van der Waals surface area contributed by atoms with E-state index in [4.69, 9.17) is 0 Å². The molecule has 16 heavy (non-hydrogen) atoms. The van der Waals surface area contributed by atoms with Gasteiger partial charge in [-0.05, 0) is 36.1 Å². The van der Waals surface area contributed by atoms with Crippen LogP contribution in [0.5, 0.6) is 0 Å². The molecule has 2 heteroatoms. The van der Waals surface area contributed by atoms with E-state index in [9.17, 15) is 4.39 Å². The average molecular weight is 213 g/mol. The molecule has 1 fully saturated rings. The topological polar surface area (TPSA) is 12.9 Å². The van der Waals surface area contributed by atoms with Gasteiger partial charge in [0.25, 0.3) is 0 Å². The Morgan fingerprint density at radius 2 is 1.75 bits per heavy atom. The first-order chi connectivity index (χ1) is 7.78. The van der Waals surface area contributed by atoms with Crippen molar-refractivity contribution >= 4 is 0 Å². The first-order valence-corrected chi connectivity index (χ1v) is 5.49. The fourth-order valence-electron chi connectivity index (χ4n) is 1.85. The Morgan fingerprint density at radius 1 is 1.00 bits per heavy atom. The second-order valence-electron chi connectivity index (χ2n) is 4.26. The largest absolute Gasteiger partial charge is 0.258 e.